The van der Waals surface area contributed by atoms with Crippen LogP contribution >= 0.6 is 0 Å². The van der Waals surface area contributed by atoms with Crippen molar-refractivity contribution in [3.63, 3.8) is 0 Å². The van der Waals surface area contributed by atoms with E-state index in [-0.39, 0.29) is 6.04 Å². The summed E-state index contributed by atoms with van der Waals surface area (Å²) in [4.78, 5) is 4.15. The van der Waals surface area contributed by atoms with Gasteiger partial charge in [0.2, 0.25) is 0 Å². The molecule has 1 aliphatic rings. The second-order valence-corrected chi connectivity index (χ2v) is 5.45. The van der Waals surface area contributed by atoms with Gasteiger partial charge in [0.25, 0.3) is 0 Å². The molecule has 0 bridgehead atoms. The molecule has 0 radical (unpaired) electrons. The monoisotopic (exact) mass is 237 g/mol. The van der Waals surface area contributed by atoms with Crippen molar-refractivity contribution in [1.29, 1.82) is 0 Å². The van der Waals surface area contributed by atoms with Crippen molar-refractivity contribution in [3.8, 4) is 0 Å². The molecule has 2 heterocycles. The van der Waals surface area contributed by atoms with E-state index in [2.05, 4.69) is 31.1 Å². The molecule has 0 aliphatic carbocycles. The first kappa shape index (κ1) is 12.6. The van der Waals surface area contributed by atoms with Gasteiger partial charge < -0.3 is 15.0 Å². The maximum Gasteiger partial charge on any atom is 0.111 e. The minimum atomic E-state index is -0.456. The van der Waals surface area contributed by atoms with Crippen LogP contribution in [0.4, 0.5) is 0 Å². The van der Waals surface area contributed by atoms with E-state index in [1.807, 2.05) is 4.57 Å². The molecule has 0 amide bonds. The molecule has 3 unspecified atom stereocenters. The summed E-state index contributed by atoms with van der Waals surface area (Å²) < 4.78 is 2.05. The Hall–Kier alpha value is -0.870. The number of rotatable bonds is 3. The van der Waals surface area contributed by atoms with E-state index in [0.29, 0.717) is 12.0 Å². The van der Waals surface area contributed by atoms with Crippen molar-refractivity contribution in [2.24, 2.45) is 5.92 Å². The van der Waals surface area contributed by atoms with Crippen molar-refractivity contribution < 1.29 is 5.11 Å². The van der Waals surface area contributed by atoms with Gasteiger partial charge in [-0.05, 0) is 39.2 Å². The van der Waals surface area contributed by atoms with Crippen molar-refractivity contribution >= 4 is 0 Å². The molecule has 2 N–H and O–H groups in total. The number of hydrogen-bond donors (Lipinski definition) is 2. The number of nitrogens with one attached hydrogen (secondary N) is 1. The molecular weight excluding hydrogens is 214 g/mol. The predicted octanol–water partition coefficient (Wildman–Crippen LogP) is 1.89. The summed E-state index contributed by atoms with van der Waals surface area (Å²) in [6.45, 7) is 7.46. The Labute approximate surface area is 103 Å². The maximum absolute atomic E-state index is 10.5. The lowest BCUT2D eigenvalue weighted by molar-refractivity contribution is 0.0936. The highest BCUT2D eigenvalue weighted by Crippen LogP contribution is 2.26. The summed E-state index contributed by atoms with van der Waals surface area (Å²) in [5.74, 6) is 0.686. The predicted molar refractivity (Wildman–Crippen MR) is 67.8 cm³/mol. The Morgan fingerprint density at radius 3 is 2.94 bits per heavy atom. The average molecular weight is 237 g/mol. The number of hydrogen-bond acceptors (Lipinski definition) is 3. The normalized spacial score (nSPS) is 27.4. The third-order valence-electron chi connectivity index (χ3n) is 3.64. The van der Waals surface area contributed by atoms with Crippen LogP contribution in [0.25, 0.3) is 0 Å². The molecule has 2 rings (SSSR count). The minimum Gasteiger partial charge on any atom is -0.385 e. The molecule has 1 aromatic rings. The van der Waals surface area contributed by atoms with Crippen molar-refractivity contribution in [3.05, 3.63) is 18.2 Å². The van der Waals surface area contributed by atoms with Gasteiger partial charge in [0.15, 0.2) is 0 Å². The lowest BCUT2D eigenvalue weighted by Gasteiger charge is -2.32. The smallest absolute Gasteiger partial charge is 0.111 e. The van der Waals surface area contributed by atoms with Crippen molar-refractivity contribution in [2.75, 3.05) is 6.54 Å². The molecule has 1 aromatic heterocycles. The second-order valence-electron chi connectivity index (χ2n) is 5.45. The SMILES string of the molecule is CC1CCNC(C(O)c2cncn2C(C)C)C1. The Bertz CT molecular complexity index is 361. The third kappa shape index (κ3) is 2.69. The zero-order valence-corrected chi connectivity index (χ0v) is 10.9. The second kappa shape index (κ2) is 5.19. The Balaban J connectivity index is 2.12. The lowest BCUT2D eigenvalue weighted by Crippen LogP contribution is -2.42. The third-order valence-corrected chi connectivity index (χ3v) is 3.64. The molecule has 1 fully saturated rings. The standard InChI is InChI=1S/C13H23N3O/c1-9(2)16-8-14-7-12(16)13(17)11-6-10(3)4-5-15-11/h7-11,13,15,17H,4-6H2,1-3H3. The largest absolute Gasteiger partial charge is 0.385 e. The Kier molecular flexibility index (Phi) is 3.84. The highest BCUT2D eigenvalue weighted by Gasteiger charge is 2.28. The first-order valence-electron chi connectivity index (χ1n) is 6.52. The summed E-state index contributed by atoms with van der Waals surface area (Å²) in [7, 11) is 0. The van der Waals surface area contributed by atoms with Gasteiger partial charge >= 0.3 is 0 Å². The van der Waals surface area contributed by atoms with E-state index >= 15 is 0 Å². The van der Waals surface area contributed by atoms with Crippen molar-refractivity contribution in [1.82, 2.24) is 14.9 Å². The van der Waals surface area contributed by atoms with Crippen LogP contribution in [-0.2, 0) is 0 Å². The number of aliphatic hydroxyl groups excluding tert-OH is 1. The van der Waals surface area contributed by atoms with E-state index in [4.69, 9.17) is 0 Å². The minimum absolute atomic E-state index is 0.160. The lowest BCUT2D eigenvalue weighted by atomic mass is 9.90. The molecule has 17 heavy (non-hydrogen) atoms. The summed E-state index contributed by atoms with van der Waals surface area (Å²) >= 11 is 0. The highest BCUT2D eigenvalue weighted by atomic mass is 16.3. The van der Waals surface area contributed by atoms with Crippen LogP contribution in [0.5, 0.6) is 0 Å². The Morgan fingerprint density at radius 2 is 2.29 bits per heavy atom. The highest BCUT2D eigenvalue weighted by molar-refractivity contribution is 5.07. The van der Waals surface area contributed by atoms with Gasteiger partial charge in [-0.1, -0.05) is 6.92 Å². The molecule has 4 nitrogen and oxygen atoms in total. The fourth-order valence-electron chi connectivity index (χ4n) is 2.57. The van der Waals surface area contributed by atoms with Crippen LogP contribution in [-0.4, -0.2) is 27.2 Å². The van der Waals surface area contributed by atoms with Crippen LogP contribution in [0.1, 0.15) is 51.5 Å². The van der Waals surface area contributed by atoms with E-state index in [1.165, 1.54) is 6.42 Å². The van der Waals surface area contributed by atoms with Gasteiger partial charge in [0.1, 0.15) is 6.10 Å². The summed E-state index contributed by atoms with van der Waals surface area (Å²) in [6, 6.07) is 0.496. The van der Waals surface area contributed by atoms with Crippen LogP contribution in [0, 0.1) is 5.92 Å². The fraction of sp³-hybridized carbons (Fsp3) is 0.769. The Morgan fingerprint density at radius 1 is 1.53 bits per heavy atom. The van der Waals surface area contributed by atoms with Gasteiger partial charge in [-0.3, -0.25) is 0 Å². The molecule has 0 spiro atoms. The van der Waals surface area contributed by atoms with Gasteiger partial charge in [0.05, 0.1) is 18.2 Å². The molecule has 0 saturated carbocycles. The molecule has 1 saturated heterocycles. The first-order chi connectivity index (χ1) is 8.09. The van der Waals surface area contributed by atoms with E-state index in [1.54, 1.807) is 12.5 Å². The average Bonchev–Trinajstić information content (AvgIpc) is 2.77. The number of aromatic nitrogens is 2. The number of nitrogens with zero attached hydrogens (tertiary/aromatic N) is 2. The molecule has 0 aromatic carbocycles. The van der Waals surface area contributed by atoms with Crippen LogP contribution in [0.15, 0.2) is 12.5 Å². The zero-order valence-electron chi connectivity index (χ0n) is 10.9. The van der Waals surface area contributed by atoms with Crippen molar-refractivity contribution in [2.45, 2.75) is 51.8 Å². The quantitative estimate of drug-likeness (QED) is 0.844. The molecular formula is C13H23N3O. The van der Waals surface area contributed by atoms with Gasteiger partial charge in [0, 0.05) is 12.1 Å². The first-order valence-corrected chi connectivity index (χ1v) is 6.52. The number of piperidine rings is 1. The molecule has 3 atom stereocenters. The maximum atomic E-state index is 10.5. The van der Waals surface area contributed by atoms with Gasteiger partial charge in [-0.25, -0.2) is 4.98 Å². The fourth-order valence-corrected chi connectivity index (χ4v) is 2.57. The zero-order chi connectivity index (χ0) is 12.4. The number of aliphatic hydroxyl groups is 1. The summed E-state index contributed by atoms with van der Waals surface area (Å²) in [5, 5.41) is 13.9. The molecule has 96 valence electrons. The van der Waals surface area contributed by atoms with E-state index < -0.39 is 6.10 Å². The molecule has 1 aliphatic heterocycles. The van der Waals surface area contributed by atoms with Crippen LogP contribution in [0.2, 0.25) is 0 Å². The van der Waals surface area contributed by atoms with Crippen LogP contribution in [0.3, 0.4) is 0 Å². The van der Waals surface area contributed by atoms with E-state index in [0.717, 1.165) is 18.7 Å². The molecule has 4 heteroatoms. The summed E-state index contributed by atoms with van der Waals surface area (Å²) in [5.41, 5.74) is 0.923. The van der Waals surface area contributed by atoms with Gasteiger partial charge in [-0.2, -0.15) is 0 Å². The van der Waals surface area contributed by atoms with Gasteiger partial charge in [-0.15, -0.1) is 0 Å². The van der Waals surface area contributed by atoms with E-state index in [9.17, 15) is 5.11 Å². The summed E-state index contributed by atoms with van der Waals surface area (Å²) in [6.07, 6.45) is 5.36. The number of imidazole rings is 1. The topological polar surface area (TPSA) is 50.1 Å². The van der Waals surface area contributed by atoms with Crippen LogP contribution < -0.4 is 5.32 Å².